The zero-order valence-electron chi connectivity index (χ0n) is 15.7. The van der Waals surface area contributed by atoms with Crippen molar-refractivity contribution in [1.29, 1.82) is 0 Å². The van der Waals surface area contributed by atoms with Gasteiger partial charge in [0, 0.05) is 25.3 Å². The molecule has 1 aromatic heterocycles. The van der Waals surface area contributed by atoms with Gasteiger partial charge in [-0.3, -0.25) is 4.79 Å². The van der Waals surface area contributed by atoms with Gasteiger partial charge in [0.25, 0.3) is 5.91 Å². The number of carbonyl (C=O) groups excluding carboxylic acids is 1. The fraction of sp³-hybridized carbons (Fsp3) is 0.476. The van der Waals surface area contributed by atoms with Crippen LogP contribution < -0.4 is 5.32 Å². The number of nitrogens with zero attached hydrogens (tertiary/aromatic N) is 3. The number of likely N-dealkylation sites (tertiary alicyclic amines) is 1. The Morgan fingerprint density at radius 2 is 1.92 bits per heavy atom. The number of carbonyl (C=O) groups is 1. The van der Waals surface area contributed by atoms with Gasteiger partial charge in [-0.05, 0) is 50.2 Å². The van der Waals surface area contributed by atoms with E-state index in [1.807, 2.05) is 17.9 Å². The minimum Gasteiger partial charge on any atom is -0.354 e. The molecule has 0 bridgehead atoms. The summed E-state index contributed by atoms with van der Waals surface area (Å²) < 4.78 is 0. The van der Waals surface area contributed by atoms with Crippen molar-refractivity contribution in [2.24, 2.45) is 5.92 Å². The van der Waals surface area contributed by atoms with E-state index < -0.39 is 0 Å². The second kappa shape index (κ2) is 8.79. The smallest absolute Gasteiger partial charge is 0.272 e. The maximum atomic E-state index is 12.7. The van der Waals surface area contributed by atoms with Crippen LogP contribution in [-0.2, 0) is 6.42 Å². The molecule has 0 radical (unpaired) electrons. The van der Waals surface area contributed by atoms with Gasteiger partial charge in [-0.1, -0.05) is 37.3 Å². The lowest BCUT2D eigenvalue weighted by atomic mass is 9.99. The largest absolute Gasteiger partial charge is 0.354 e. The minimum atomic E-state index is 0.0229. The van der Waals surface area contributed by atoms with Crippen LogP contribution in [0.25, 0.3) is 0 Å². The van der Waals surface area contributed by atoms with Crippen LogP contribution in [-0.4, -0.2) is 40.4 Å². The lowest BCUT2D eigenvalue weighted by molar-refractivity contribution is 0.0691. The number of rotatable bonds is 6. The van der Waals surface area contributed by atoms with Crippen molar-refractivity contribution in [3.05, 3.63) is 53.3 Å². The fourth-order valence-electron chi connectivity index (χ4n) is 3.27. The van der Waals surface area contributed by atoms with Gasteiger partial charge in [-0.25, -0.2) is 9.97 Å². The molecule has 1 aliphatic rings. The molecule has 1 amide bonds. The average molecular weight is 352 g/mol. The van der Waals surface area contributed by atoms with Crippen molar-refractivity contribution in [1.82, 2.24) is 14.9 Å². The third kappa shape index (κ3) is 5.04. The number of piperidine rings is 1. The number of hydrogen-bond donors (Lipinski definition) is 1. The van der Waals surface area contributed by atoms with Gasteiger partial charge in [0.2, 0.25) is 5.95 Å². The third-order valence-corrected chi connectivity index (χ3v) is 4.91. The van der Waals surface area contributed by atoms with Crippen LogP contribution in [0.15, 0.2) is 36.4 Å². The standard InChI is InChI=1S/C21H28N4O/c1-16-10-13-25(14-11-16)20(26)19-15-17(2)23-21(24-19)22-12-6-9-18-7-4-3-5-8-18/h3-5,7-8,15-16H,6,9-14H2,1-2H3,(H,22,23,24). The predicted octanol–water partition coefficient (Wildman–Crippen LogP) is 3.70. The highest BCUT2D eigenvalue weighted by molar-refractivity contribution is 5.92. The van der Waals surface area contributed by atoms with Crippen molar-refractivity contribution in [3.8, 4) is 0 Å². The summed E-state index contributed by atoms with van der Waals surface area (Å²) >= 11 is 0. The maximum Gasteiger partial charge on any atom is 0.272 e. The van der Waals surface area contributed by atoms with Gasteiger partial charge in [0.15, 0.2) is 0 Å². The highest BCUT2D eigenvalue weighted by Gasteiger charge is 2.23. The lowest BCUT2D eigenvalue weighted by Gasteiger charge is -2.30. The quantitative estimate of drug-likeness (QED) is 0.805. The van der Waals surface area contributed by atoms with Crippen LogP contribution in [0.3, 0.4) is 0 Å². The van der Waals surface area contributed by atoms with E-state index in [1.54, 1.807) is 6.07 Å². The van der Waals surface area contributed by atoms with Crippen LogP contribution >= 0.6 is 0 Å². The summed E-state index contributed by atoms with van der Waals surface area (Å²) in [5.41, 5.74) is 2.64. The molecule has 0 unspecified atom stereocenters. The number of benzene rings is 1. The second-order valence-electron chi connectivity index (χ2n) is 7.21. The number of amides is 1. The van der Waals surface area contributed by atoms with Crippen LogP contribution in [0.1, 0.15) is 47.9 Å². The van der Waals surface area contributed by atoms with Crippen molar-refractivity contribution >= 4 is 11.9 Å². The molecule has 138 valence electrons. The van der Waals surface area contributed by atoms with E-state index in [2.05, 4.69) is 46.5 Å². The van der Waals surface area contributed by atoms with E-state index in [-0.39, 0.29) is 5.91 Å². The second-order valence-corrected chi connectivity index (χ2v) is 7.21. The Bertz CT molecular complexity index is 724. The van der Waals surface area contributed by atoms with Gasteiger partial charge in [-0.15, -0.1) is 0 Å². The number of anilines is 1. The molecule has 26 heavy (non-hydrogen) atoms. The van der Waals surface area contributed by atoms with Gasteiger partial charge >= 0.3 is 0 Å². The summed E-state index contributed by atoms with van der Waals surface area (Å²) in [5.74, 6) is 1.27. The predicted molar refractivity (Wildman–Crippen MR) is 104 cm³/mol. The summed E-state index contributed by atoms with van der Waals surface area (Å²) in [7, 11) is 0. The van der Waals surface area contributed by atoms with Crippen molar-refractivity contribution in [2.75, 3.05) is 25.0 Å². The molecule has 5 heteroatoms. The molecule has 1 aliphatic heterocycles. The molecule has 2 heterocycles. The Kier molecular flexibility index (Phi) is 6.21. The Morgan fingerprint density at radius 1 is 1.19 bits per heavy atom. The normalized spacial score (nSPS) is 15.1. The van der Waals surface area contributed by atoms with E-state index in [0.717, 1.165) is 51.0 Å². The van der Waals surface area contributed by atoms with Crippen LogP contribution in [0, 0.1) is 12.8 Å². The van der Waals surface area contributed by atoms with E-state index in [1.165, 1.54) is 5.56 Å². The van der Waals surface area contributed by atoms with E-state index in [9.17, 15) is 4.79 Å². The molecular formula is C21H28N4O. The molecule has 5 nitrogen and oxygen atoms in total. The topological polar surface area (TPSA) is 58.1 Å². The van der Waals surface area contributed by atoms with E-state index in [0.29, 0.717) is 17.6 Å². The van der Waals surface area contributed by atoms with Crippen LogP contribution in [0.5, 0.6) is 0 Å². The maximum absolute atomic E-state index is 12.7. The average Bonchev–Trinajstić information content (AvgIpc) is 2.66. The van der Waals surface area contributed by atoms with Crippen molar-refractivity contribution in [3.63, 3.8) is 0 Å². The molecule has 0 saturated carbocycles. The molecule has 1 fully saturated rings. The molecule has 0 atom stereocenters. The van der Waals surface area contributed by atoms with Crippen LogP contribution in [0.2, 0.25) is 0 Å². The molecule has 0 spiro atoms. The Labute approximate surface area is 155 Å². The molecular weight excluding hydrogens is 324 g/mol. The van der Waals surface area contributed by atoms with Gasteiger partial charge in [0.05, 0.1) is 0 Å². The lowest BCUT2D eigenvalue weighted by Crippen LogP contribution is -2.38. The number of aryl methyl sites for hydroxylation is 2. The molecule has 1 saturated heterocycles. The van der Waals surface area contributed by atoms with Gasteiger partial charge in [0.1, 0.15) is 5.69 Å². The monoisotopic (exact) mass is 352 g/mol. The first-order valence-electron chi connectivity index (χ1n) is 9.54. The first-order valence-corrected chi connectivity index (χ1v) is 9.54. The summed E-state index contributed by atoms with van der Waals surface area (Å²) in [4.78, 5) is 23.5. The Hall–Kier alpha value is -2.43. The van der Waals surface area contributed by atoms with E-state index >= 15 is 0 Å². The highest BCUT2D eigenvalue weighted by Crippen LogP contribution is 2.18. The number of aromatic nitrogens is 2. The Balaban J connectivity index is 1.56. The minimum absolute atomic E-state index is 0.0229. The van der Waals surface area contributed by atoms with E-state index in [4.69, 9.17) is 0 Å². The molecule has 2 aromatic rings. The first-order chi connectivity index (χ1) is 12.6. The first kappa shape index (κ1) is 18.4. The molecule has 3 rings (SSSR count). The Morgan fingerprint density at radius 3 is 2.65 bits per heavy atom. The van der Waals surface area contributed by atoms with Crippen molar-refractivity contribution in [2.45, 2.75) is 39.5 Å². The SMILES string of the molecule is Cc1cc(C(=O)N2CCC(C)CC2)nc(NCCCc2ccccc2)n1. The zero-order chi connectivity index (χ0) is 18.4. The third-order valence-electron chi connectivity index (χ3n) is 4.91. The highest BCUT2D eigenvalue weighted by atomic mass is 16.2. The number of hydrogen-bond acceptors (Lipinski definition) is 4. The van der Waals surface area contributed by atoms with Gasteiger partial charge < -0.3 is 10.2 Å². The molecule has 1 N–H and O–H groups in total. The van der Waals surface area contributed by atoms with Gasteiger partial charge in [-0.2, -0.15) is 0 Å². The van der Waals surface area contributed by atoms with Crippen molar-refractivity contribution < 1.29 is 4.79 Å². The zero-order valence-corrected chi connectivity index (χ0v) is 15.7. The van der Waals surface area contributed by atoms with Crippen LogP contribution in [0.4, 0.5) is 5.95 Å². The fourth-order valence-corrected chi connectivity index (χ4v) is 3.27. The summed E-state index contributed by atoms with van der Waals surface area (Å²) in [6.45, 7) is 6.58. The summed E-state index contributed by atoms with van der Waals surface area (Å²) in [5, 5.41) is 3.27. The number of nitrogens with one attached hydrogen (secondary N) is 1. The summed E-state index contributed by atoms with van der Waals surface area (Å²) in [6.07, 6.45) is 4.15. The molecule has 1 aromatic carbocycles. The molecule has 0 aliphatic carbocycles. The summed E-state index contributed by atoms with van der Waals surface area (Å²) in [6, 6.07) is 12.2.